The Bertz CT molecular complexity index is 264. The first-order chi connectivity index (χ1) is 5.74. The molecule has 12 heavy (non-hydrogen) atoms. The van der Waals surface area contributed by atoms with Gasteiger partial charge in [-0.05, 0) is 0 Å². The van der Waals surface area contributed by atoms with Crippen molar-refractivity contribution in [3.8, 4) is 0 Å². The molecule has 0 radical (unpaired) electrons. The summed E-state index contributed by atoms with van der Waals surface area (Å²) >= 11 is -1.70. The van der Waals surface area contributed by atoms with Crippen LogP contribution in [0.3, 0.4) is 0 Å². The van der Waals surface area contributed by atoms with Gasteiger partial charge in [-0.2, -0.15) is 0 Å². The Kier molecular flexibility index (Phi) is 3.64. The molecule has 0 aliphatic rings. The topological polar surface area (TPSA) is 17.1 Å². The van der Waals surface area contributed by atoms with Crippen molar-refractivity contribution in [2.24, 2.45) is 0 Å². The van der Waals surface area contributed by atoms with Gasteiger partial charge in [0.05, 0.1) is 0 Å². The van der Waals surface area contributed by atoms with Gasteiger partial charge >= 0.3 is 77.5 Å². The quantitative estimate of drug-likeness (QED) is 0.725. The summed E-state index contributed by atoms with van der Waals surface area (Å²) in [4.78, 5) is 0. The molecule has 0 saturated heterocycles. The van der Waals surface area contributed by atoms with Crippen LogP contribution in [-0.4, -0.2) is 13.8 Å². The molecule has 0 spiro atoms. The van der Waals surface area contributed by atoms with Crippen LogP contribution in [0.4, 0.5) is 0 Å². The van der Waals surface area contributed by atoms with Gasteiger partial charge in [-0.3, -0.25) is 0 Å². The molecule has 0 N–H and O–H groups in total. The standard InChI is InChI=1S/C10H14OSe/c1-3-8-12(11)10-6-4-9(2)5-7-10/h4-7H,3,8H2,1-2H3. The van der Waals surface area contributed by atoms with Crippen LogP contribution in [0.15, 0.2) is 24.3 Å². The summed E-state index contributed by atoms with van der Waals surface area (Å²) in [6.07, 6.45) is 1.02. The Labute approximate surface area is 77.9 Å². The molecule has 2 heteroatoms. The van der Waals surface area contributed by atoms with Crippen LogP contribution in [-0.2, 0) is 3.83 Å². The summed E-state index contributed by atoms with van der Waals surface area (Å²) in [5.74, 6) is 0. The van der Waals surface area contributed by atoms with Crippen molar-refractivity contribution in [2.45, 2.75) is 25.6 Å². The minimum atomic E-state index is -1.70. The van der Waals surface area contributed by atoms with Crippen molar-refractivity contribution in [3.05, 3.63) is 29.8 Å². The van der Waals surface area contributed by atoms with Crippen molar-refractivity contribution in [3.63, 3.8) is 0 Å². The van der Waals surface area contributed by atoms with E-state index in [1.54, 1.807) is 0 Å². The summed E-state index contributed by atoms with van der Waals surface area (Å²) < 4.78 is 12.6. The summed E-state index contributed by atoms with van der Waals surface area (Å²) in [5, 5.41) is 0.864. The Morgan fingerprint density at radius 3 is 2.33 bits per heavy atom. The molecule has 1 aromatic carbocycles. The number of rotatable bonds is 3. The number of hydrogen-bond acceptors (Lipinski definition) is 1. The van der Waals surface area contributed by atoms with Gasteiger partial charge in [-0.15, -0.1) is 0 Å². The predicted octanol–water partition coefficient (Wildman–Crippen LogP) is 2.03. The minimum absolute atomic E-state index is 0.864. The van der Waals surface area contributed by atoms with Crippen LogP contribution >= 0.6 is 0 Å². The van der Waals surface area contributed by atoms with Crippen molar-refractivity contribution < 1.29 is 3.83 Å². The fraction of sp³-hybridized carbons (Fsp3) is 0.400. The second kappa shape index (κ2) is 4.54. The van der Waals surface area contributed by atoms with Crippen LogP contribution in [0.1, 0.15) is 18.9 Å². The molecule has 0 aromatic heterocycles. The monoisotopic (exact) mass is 230 g/mol. The van der Waals surface area contributed by atoms with Gasteiger partial charge in [0.2, 0.25) is 0 Å². The molecule has 0 heterocycles. The fourth-order valence-electron chi connectivity index (χ4n) is 0.993. The van der Waals surface area contributed by atoms with Crippen molar-refractivity contribution in [1.29, 1.82) is 0 Å². The molecule has 0 saturated carbocycles. The van der Waals surface area contributed by atoms with Gasteiger partial charge in [0.15, 0.2) is 0 Å². The third-order valence-electron chi connectivity index (χ3n) is 1.67. The van der Waals surface area contributed by atoms with Gasteiger partial charge in [0, 0.05) is 0 Å². The first kappa shape index (κ1) is 9.63. The normalized spacial score (nSPS) is 12.8. The molecular weight excluding hydrogens is 215 g/mol. The average Bonchev–Trinajstić information content (AvgIpc) is 2.06. The van der Waals surface area contributed by atoms with E-state index in [0.717, 1.165) is 16.2 Å². The molecule has 1 unspecified atom stereocenters. The van der Waals surface area contributed by atoms with Crippen LogP contribution in [0.25, 0.3) is 0 Å². The molecule has 1 rings (SSSR count). The van der Waals surface area contributed by atoms with E-state index in [4.69, 9.17) is 0 Å². The first-order valence-electron chi connectivity index (χ1n) is 4.19. The number of benzene rings is 1. The van der Waals surface area contributed by atoms with E-state index < -0.39 is 13.8 Å². The SMILES string of the molecule is CCC[Se](=O)c1ccc(C)cc1. The molecule has 1 aromatic rings. The van der Waals surface area contributed by atoms with Crippen LogP contribution < -0.4 is 4.46 Å². The predicted molar refractivity (Wildman–Crippen MR) is 52.4 cm³/mol. The molecule has 0 bridgehead atoms. The Hall–Kier alpha value is -0.461. The maximum absolute atomic E-state index is 11.6. The van der Waals surface area contributed by atoms with Gasteiger partial charge < -0.3 is 0 Å². The summed E-state index contributed by atoms with van der Waals surface area (Å²) in [7, 11) is 0. The first-order valence-corrected chi connectivity index (χ1v) is 6.96. The van der Waals surface area contributed by atoms with E-state index in [1.165, 1.54) is 5.56 Å². The van der Waals surface area contributed by atoms with E-state index in [9.17, 15) is 3.83 Å². The molecule has 0 fully saturated rings. The molecular formula is C10H14OSe. The van der Waals surface area contributed by atoms with Crippen LogP contribution in [0.2, 0.25) is 5.32 Å². The van der Waals surface area contributed by atoms with Crippen molar-refractivity contribution >= 4 is 18.3 Å². The van der Waals surface area contributed by atoms with Gasteiger partial charge in [-0.25, -0.2) is 0 Å². The zero-order valence-electron chi connectivity index (χ0n) is 7.54. The van der Waals surface area contributed by atoms with Crippen molar-refractivity contribution in [1.82, 2.24) is 0 Å². The average molecular weight is 229 g/mol. The molecule has 1 nitrogen and oxygen atoms in total. The summed E-state index contributed by atoms with van der Waals surface area (Å²) in [6.45, 7) is 4.12. The van der Waals surface area contributed by atoms with Crippen LogP contribution in [0, 0.1) is 6.92 Å². The molecule has 66 valence electrons. The Morgan fingerprint density at radius 1 is 1.25 bits per heavy atom. The van der Waals surface area contributed by atoms with E-state index in [1.807, 2.05) is 31.2 Å². The van der Waals surface area contributed by atoms with E-state index in [0.29, 0.717) is 0 Å². The second-order valence-electron chi connectivity index (χ2n) is 2.86. The molecule has 0 amide bonds. The molecule has 1 atom stereocenters. The second-order valence-corrected chi connectivity index (χ2v) is 6.16. The Morgan fingerprint density at radius 2 is 1.83 bits per heavy atom. The van der Waals surface area contributed by atoms with Gasteiger partial charge in [-0.1, -0.05) is 0 Å². The van der Waals surface area contributed by atoms with E-state index in [-0.39, 0.29) is 0 Å². The summed E-state index contributed by atoms with van der Waals surface area (Å²) in [5.41, 5.74) is 1.23. The number of aryl methyl sites for hydroxylation is 1. The summed E-state index contributed by atoms with van der Waals surface area (Å²) in [6, 6.07) is 8.03. The molecule has 0 aliphatic carbocycles. The van der Waals surface area contributed by atoms with E-state index in [2.05, 4.69) is 6.92 Å². The van der Waals surface area contributed by atoms with Crippen LogP contribution in [0.5, 0.6) is 0 Å². The molecule has 0 aliphatic heterocycles. The third kappa shape index (κ3) is 2.54. The van der Waals surface area contributed by atoms with E-state index >= 15 is 0 Å². The van der Waals surface area contributed by atoms with Gasteiger partial charge in [0.25, 0.3) is 0 Å². The maximum atomic E-state index is 11.6. The third-order valence-corrected chi connectivity index (χ3v) is 4.98. The zero-order valence-corrected chi connectivity index (χ0v) is 9.25. The fourth-order valence-corrected chi connectivity index (χ4v) is 3.19. The Balaban J connectivity index is 2.75. The van der Waals surface area contributed by atoms with Gasteiger partial charge in [0.1, 0.15) is 0 Å². The van der Waals surface area contributed by atoms with Crippen molar-refractivity contribution in [2.75, 3.05) is 0 Å². The zero-order chi connectivity index (χ0) is 8.97. The number of hydrogen-bond donors (Lipinski definition) is 0.